The van der Waals surface area contributed by atoms with Gasteiger partial charge in [0, 0.05) is 24.3 Å². The van der Waals surface area contributed by atoms with Crippen LogP contribution in [0.1, 0.15) is 34.1 Å². The molecular weight excluding hydrogens is 378 g/mol. The van der Waals surface area contributed by atoms with Crippen molar-refractivity contribution in [2.24, 2.45) is 0 Å². The van der Waals surface area contributed by atoms with E-state index in [0.717, 1.165) is 30.8 Å². The number of likely N-dealkylation sites (N-methyl/N-ethyl adjacent to an activating group) is 1. The quantitative estimate of drug-likeness (QED) is 0.437. The fourth-order valence-electron chi connectivity index (χ4n) is 3.91. The Morgan fingerprint density at radius 1 is 1.00 bits per heavy atom. The van der Waals surface area contributed by atoms with E-state index < -0.39 is 0 Å². The lowest BCUT2D eigenvalue weighted by Gasteiger charge is -2.20. The van der Waals surface area contributed by atoms with Crippen LogP contribution >= 0.6 is 11.8 Å². The highest BCUT2D eigenvalue weighted by molar-refractivity contribution is 7.99. The molecule has 5 heteroatoms. The number of nitrogens with zero attached hydrogens (tertiary/aromatic N) is 3. The summed E-state index contributed by atoms with van der Waals surface area (Å²) in [5.74, 6) is 0. The molecule has 0 unspecified atom stereocenters. The summed E-state index contributed by atoms with van der Waals surface area (Å²) in [7, 11) is 4.07. The van der Waals surface area contributed by atoms with Gasteiger partial charge in [-0.3, -0.25) is 4.57 Å². The number of fused-ring (bicyclic) bond motifs is 1. The van der Waals surface area contributed by atoms with Crippen LogP contribution in [0.5, 0.6) is 0 Å². The molecule has 0 aliphatic heterocycles. The van der Waals surface area contributed by atoms with E-state index >= 15 is 0 Å². The minimum atomic E-state index is -0.116. The lowest BCUT2D eigenvalue weighted by atomic mass is 10.0. The molecule has 1 aliphatic carbocycles. The SMILES string of the molecule is CN(C)CCn1c2c(c(SC(c3ccccc3)c3ccccc3)nc1=O)CCC2. The third-order valence-corrected chi connectivity index (χ3v) is 6.75. The first-order chi connectivity index (χ1) is 14.1. The fourth-order valence-corrected chi connectivity index (χ4v) is 5.21. The second-order valence-corrected chi connectivity index (χ2v) is 8.85. The molecule has 1 heterocycles. The summed E-state index contributed by atoms with van der Waals surface area (Å²) >= 11 is 1.71. The number of benzene rings is 2. The first-order valence-corrected chi connectivity index (χ1v) is 11.1. The summed E-state index contributed by atoms with van der Waals surface area (Å²) in [6.07, 6.45) is 3.07. The van der Waals surface area contributed by atoms with Crippen molar-refractivity contribution in [3.05, 3.63) is 93.5 Å². The van der Waals surface area contributed by atoms with Crippen molar-refractivity contribution in [1.29, 1.82) is 0 Å². The summed E-state index contributed by atoms with van der Waals surface area (Å²) in [6, 6.07) is 21.0. The molecule has 0 amide bonds. The van der Waals surface area contributed by atoms with Crippen LogP contribution < -0.4 is 5.69 Å². The average Bonchev–Trinajstić information content (AvgIpc) is 3.22. The minimum absolute atomic E-state index is 0.116. The highest BCUT2D eigenvalue weighted by Crippen LogP contribution is 2.42. The molecule has 0 N–H and O–H groups in total. The maximum absolute atomic E-state index is 12.9. The Kier molecular flexibility index (Phi) is 6.16. The fraction of sp³-hybridized carbons (Fsp3) is 0.333. The number of hydrogen-bond acceptors (Lipinski definition) is 4. The van der Waals surface area contributed by atoms with Gasteiger partial charge in [-0.05, 0) is 44.5 Å². The van der Waals surface area contributed by atoms with Gasteiger partial charge in [0.2, 0.25) is 0 Å². The van der Waals surface area contributed by atoms with Crippen LogP contribution in [0, 0.1) is 0 Å². The monoisotopic (exact) mass is 405 g/mol. The van der Waals surface area contributed by atoms with E-state index in [1.165, 1.54) is 22.4 Å². The number of rotatable bonds is 7. The standard InChI is InChI=1S/C24H27N3OS/c1-26(2)16-17-27-21-15-9-14-20(21)23(25-24(27)28)29-22(18-10-5-3-6-11-18)19-12-7-4-8-13-19/h3-8,10-13,22H,9,14-17H2,1-2H3. The van der Waals surface area contributed by atoms with Crippen LogP contribution in [0.4, 0.5) is 0 Å². The van der Waals surface area contributed by atoms with Gasteiger partial charge >= 0.3 is 5.69 Å². The molecule has 150 valence electrons. The highest BCUT2D eigenvalue weighted by Gasteiger charge is 2.25. The molecule has 4 nitrogen and oxygen atoms in total. The third kappa shape index (κ3) is 4.46. The number of hydrogen-bond donors (Lipinski definition) is 0. The molecule has 0 saturated heterocycles. The van der Waals surface area contributed by atoms with Gasteiger partial charge in [0.1, 0.15) is 5.03 Å². The summed E-state index contributed by atoms with van der Waals surface area (Å²) in [6.45, 7) is 1.55. The van der Waals surface area contributed by atoms with E-state index in [4.69, 9.17) is 0 Å². The molecule has 1 aliphatic rings. The Labute approximate surface area is 176 Å². The lowest BCUT2D eigenvalue weighted by molar-refractivity contribution is 0.375. The molecule has 0 atom stereocenters. The van der Waals surface area contributed by atoms with Crippen molar-refractivity contribution in [3.63, 3.8) is 0 Å². The molecule has 0 fully saturated rings. The van der Waals surface area contributed by atoms with Crippen LogP contribution in [0.2, 0.25) is 0 Å². The van der Waals surface area contributed by atoms with Crippen molar-refractivity contribution in [2.75, 3.05) is 20.6 Å². The minimum Gasteiger partial charge on any atom is -0.308 e. The summed E-state index contributed by atoms with van der Waals surface area (Å²) in [5, 5.41) is 1.02. The molecule has 0 spiro atoms. The Hall–Kier alpha value is -2.37. The maximum atomic E-state index is 12.9. The molecule has 4 rings (SSSR count). The Balaban J connectivity index is 1.73. The molecule has 3 aromatic rings. The number of aromatic nitrogens is 2. The van der Waals surface area contributed by atoms with Crippen molar-refractivity contribution < 1.29 is 0 Å². The maximum Gasteiger partial charge on any atom is 0.348 e. The van der Waals surface area contributed by atoms with E-state index in [-0.39, 0.29) is 10.9 Å². The van der Waals surface area contributed by atoms with Gasteiger partial charge in [0.05, 0.1) is 5.25 Å². The van der Waals surface area contributed by atoms with Gasteiger partial charge in [-0.1, -0.05) is 72.4 Å². The second-order valence-electron chi connectivity index (χ2n) is 7.75. The Morgan fingerprint density at radius 3 is 2.21 bits per heavy atom. The molecule has 1 aromatic heterocycles. The van der Waals surface area contributed by atoms with Crippen molar-refractivity contribution in [3.8, 4) is 0 Å². The Morgan fingerprint density at radius 2 is 1.62 bits per heavy atom. The van der Waals surface area contributed by atoms with Gasteiger partial charge in [-0.15, -0.1) is 0 Å². The van der Waals surface area contributed by atoms with Crippen LogP contribution in [-0.2, 0) is 19.4 Å². The highest BCUT2D eigenvalue weighted by atomic mass is 32.2. The van der Waals surface area contributed by atoms with Crippen LogP contribution in [0.3, 0.4) is 0 Å². The van der Waals surface area contributed by atoms with Crippen molar-refractivity contribution in [1.82, 2.24) is 14.5 Å². The summed E-state index contributed by atoms with van der Waals surface area (Å²) < 4.78 is 1.90. The first kappa shape index (κ1) is 19.9. The predicted molar refractivity (Wildman–Crippen MR) is 120 cm³/mol. The van der Waals surface area contributed by atoms with E-state index in [1.54, 1.807) is 11.8 Å². The zero-order valence-corrected chi connectivity index (χ0v) is 17.9. The van der Waals surface area contributed by atoms with Gasteiger partial charge < -0.3 is 4.90 Å². The van der Waals surface area contributed by atoms with Gasteiger partial charge in [0.25, 0.3) is 0 Å². The lowest BCUT2D eigenvalue weighted by Crippen LogP contribution is -2.31. The zero-order chi connectivity index (χ0) is 20.2. The molecule has 0 saturated carbocycles. The normalized spacial score (nSPS) is 13.2. The third-order valence-electron chi connectivity index (χ3n) is 5.41. The largest absolute Gasteiger partial charge is 0.348 e. The zero-order valence-electron chi connectivity index (χ0n) is 17.0. The predicted octanol–water partition coefficient (Wildman–Crippen LogP) is 4.18. The molecule has 0 radical (unpaired) electrons. The van der Waals surface area contributed by atoms with E-state index in [0.29, 0.717) is 6.54 Å². The average molecular weight is 406 g/mol. The first-order valence-electron chi connectivity index (χ1n) is 10.2. The van der Waals surface area contributed by atoms with Crippen molar-refractivity contribution >= 4 is 11.8 Å². The van der Waals surface area contributed by atoms with Gasteiger partial charge in [-0.2, -0.15) is 4.98 Å². The van der Waals surface area contributed by atoms with Gasteiger partial charge in [0.15, 0.2) is 0 Å². The van der Waals surface area contributed by atoms with Crippen molar-refractivity contribution in [2.45, 2.75) is 36.1 Å². The topological polar surface area (TPSA) is 38.1 Å². The molecule has 0 bridgehead atoms. The van der Waals surface area contributed by atoms with E-state index in [9.17, 15) is 4.79 Å². The summed E-state index contributed by atoms with van der Waals surface area (Å²) in [4.78, 5) is 19.6. The Bertz CT molecular complexity index is 976. The second kappa shape index (κ2) is 8.97. The van der Waals surface area contributed by atoms with Gasteiger partial charge in [-0.25, -0.2) is 4.79 Å². The molecule has 29 heavy (non-hydrogen) atoms. The van der Waals surface area contributed by atoms with Crippen LogP contribution in [0.25, 0.3) is 0 Å². The number of thioether (sulfide) groups is 1. The van der Waals surface area contributed by atoms with Crippen LogP contribution in [-0.4, -0.2) is 35.1 Å². The smallest absolute Gasteiger partial charge is 0.308 e. The van der Waals surface area contributed by atoms with E-state index in [2.05, 4.69) is 58.4 Å². The van der Waals surface area contributed by atoms with Crippen LogP contribution in [0.15, 0.2) is 70.5 Å². The summed E-state index contributed by atoms with van der Waals surface area (Å²) in [5.41, 5.74) is 4.80. The molecule has 2 aromatic carbocycles. The molecular formula is C24H27N3OS. The van der Waals surface area contributed by atoms with E-state index in [1.807, 2.05) is 30.8 Å².